The second-order valence-corrected chi connectivity index (χ2v) is 3.69. The normalized spacial score (nSPS) is 11.1. The molecule has 1 aromatic carbocycles. The average Bonchev–Trinajstić information content (AvgIpc) is 2.94. The zero-order valence-corrected chi connectivity index (χ0v) is 9.30. The molecule has 3 aromatic rings. The van der Waals surface area contributed by atoms with Gasteiger partial charge in [-0.1, -0.05) is 23.4 Å². The predicted molar refractivity (Wildman–Crippen MR) is 62.3 cm³/mol. The molecule has 5 heteroatoms. The Kier molecular flexibility index (Phi) is 2.38. The van der Waals surface area contributed by atoms with Crippen molar-refractivity contribution in [3.63, 3.8) is 0 Å². The SMILES string of the molecule is CNCc1noc(-c2cc3ccccc3o2)n1. The highest BCUT2D eigenvalue weighted by Crippen LogP contribution is 2.26. The summed E-state index contributed by atoms with van der Waals surface area (Å²) in [5, 5.41) is 7.83. The summed E-state index contributed by atoms with van der Waals surface area (Å²) in [6.07, 6.45) is 0. The van der Waals surface area contributed by atoms with Gasteiger partial charge < -0.3 is 14.3 Å². The van der Waals surface area contributed by atoms with Gasteiger partial charge in [0, 0.05) is 5.39 Å². The van der Waals surface area contributed by atoms with Crippen LogP contribution in [0.15, 0.2) is 39.3 Å². The van der Waals surface area contributed by atoms with Crippen molar-refractivity contribution in [2.45, 2.75) is 6.54 Å². The van der Waals surface area contributed by atoms with E-state index < -0.39 is 0 Å². The second kappa shape index (κ2) is 4.03. The largest absolute Gasteiger partial charge is 0.451 e. The van der Waals surface area contributed by atoms with Gasteiger partial charge in [-0.15, -0.1) is 0 Å². The average molecular weight is 229 g/mol. The fourth-order valence-corrected chi connectivity index (χ4v) is 1.67. The third kappa shape index (κ3) is 1.81. The number of furan rings is 1. The molecule has 2 aromatic heterocycles. The monoisotopic (exact) mass is 229 g/mol. The first-order chi connectivity index (χ1) is 8.36. The van der Waals surface area contributed by atoms with E-state index in [1.54, 1.807) is 0 Å². The molecule has 0 aliphatic rings. The number of rotatable bonds is 3. The highest BCUT2D eigenvalue weighted by Gasteiger charge is 2.12. The molecule has 86 valence electrons. The standard InChI is InChI=1S/C12H11N3O2/c1-13-7-11-14-12(17-15-11)10-6-8-4-2-3-5-9(8)16-10/h2-6,13H,7H2,1H3. The summed E-state index contributed by atoms with van der Waals surface area (Å²) in [7, 11) is 1.83. The topological polar surface area (TPSA) is 64.1 Å². The fraction of sp³-hybridized carbons (Fsp3) is 0.167. The highest BCUT2D eigenvalue weighted by atomic mass is 16.5. The van der Waals surface area contributed by atoms with E-state index in [4.69, 9.17) is 8.94 Å². The molecule has 3 rings (SSSR count). The van der Waals surface area contributed by atoms with Gasteiger partial charge in [0.15, 0.2) is 11.6 Å². The Bertz CT molecular complexity index is 609. The maximum atomic E-state index is 5.63. The Morgan fingerprint density at radius 2 is 2.18 bits per heavy atom. The van der Waals surface area contributed by atoms with Gasteiger partial charge in [0.1, 0.15) is 5.58 Å². The number of nitrogens with one attached hydrogen (secondary N) is 1. The van der Waals surface area contributed by atoms with Crippen molar-refractivity contribution in [2.75, 3.05) is 7.05 Å². The van der Waals surface area contributed by atoms with Crippen molar-refractivity contribution in [1.82, 2.24) is 15.5 Å². The molecule has 2 heterocycles. The lowest BCUT2D eigenvalue weighted by molar-refractivity contribution is 0.410. The molecular formula is C12H11N3O2. The van der Waals surface area contributed by atoms with E-state index in [1.165, 1.54) is 0 Å². The van der Waals surface area contributed by atoms with Gasteiger partial charge in [0.25, 0.3) is 5.89 Å². The van der Waals surface area contributed by atoms with Crippen molar-refractivity contribution in [2.24, 2.45) is 0 Å². The number of fused-ring (bicyclic) bond motifs is 1. The van der Waals surface area contributed by atoms with Crippen LogP contribution in [-0.2, 0) is 6.54 Å². The number of para-hydroxylation sites is 1. The third-order valence-electron chi connectivity index (χ3n) is 2.44. The quantitative estimate of drug-likeness (QED) is 0.745. The molecule has 5 nitrogen and oxygen atoms in total. The Labute approximate surface area is 97.4 Å². The predicted octanol–water partition coefficient (Wildman–Crippen LogP) is 2.20. The zero-order chi connectivity index (χ0) is 11.7. The van der Waals surface area contributed by atoms with E-state index in [-0.39, 0.29) is 0 Å². The van der Waals surface area contributed by atoms with Gasteiger partial charge in [-0.2, -0.15) is 4.98 Å². The second-order valence-electron chi connectivity index (χ2n) is 3.69. The van der Waals surface area contributed by atoms with Gasteiger partial charge in [-0.25, -0.2) is 0 Å². The van der Waals surface area contributed by atoms with Crippen LogP contribution in [-0.4, -0.2) is 17.2 Å². The molecule has 0 radical (unpaired) electrons. The lowest BCUT2D eigenvalue weighted by atomic mass is 10.2. The number of nitrogens with zero attached hydrogens (tertiary/aromatic N) is 2. The van der Waals surface area contributed by atoms with Crippen LogP contribution in [0.3, 0.4) is 0 Å². The van der Waals surface area contributed by atoms with Crippen LogP contribution in [0.5, 0.6) is 0 Å². The Morgan fingerprint density at radius 3 is 3.00 bits per heavy atom. The summed E-state index contributed by atoms with van der Waals surface area (Å²) < 4.78 is 10.8. The van der Waals surface area contributed by atoms with Crippen molar-refractivity contribution in [3.8, 4) is 11.7 Å². The molecule has 17 heavy (non-hydrogen) atoms. The van der Waals surface area contributed by atoms with Gasteiger partial charge in [-0.3, -0.25) is 0 Å². The molecule has 0 atom stereocenters. The van der Waals surface area contributed by atoms with Crippen molar-refractivity contribution < 1.29 is 8.94 Å². The molecule has 0 unspecified atom stereocenters. The molecular weight excluding hydrogens is 218 g/mol. The van der Waals surface area contributed by atoms with Crippen LogP contribution in [0.2, 0.25) is 0 Å². The maximum absolute atomic E-state index is 5.63. The van der Waals surface area contributed by atoms with Crippen LogP contribution in [0, 0.1) is 0 Å². The molecule has 0 aliphatic carbocycles. The molecule has 0 amide bonds. The van der Waals surface area contributed by atoms with Crippen LogP contribution < -0.4 is 5.32 Å². The van der Waals surface area contributed by atoms with E-state index >= 15 is 0 Å². The van der Waals surface area contributed by atoms with Crippen LogP contribution in [0.4, 0.5) is 0 Å². The van der Waals surface area contributed by atoms with Crippen molar-refractivity contribution >= 4 is 11.0 Å². The molecule has 0 saturated heterocycles. The Balaban J connectivity index is 2.01. The van der Waals surface area contributed by atoms with Crippen molar-refractivity contribution in [3.05, 3.63) is 36.2 Å². The van der Waals surface area contributed by atoms with Gasteiger partial charge in [0.2, 0.25) is 0 Å². The van der Waals surface area contributed by atoms with Gasteiger partial charge in [-0.05, 0) is 19.2 Å². The third-order valence-corrected chi connectivity index (χ3v) is 2.44. The van der Waals surface area contributed by atoms with E-state index in [9.17, 15) is 0 Å². The summed E-state index contributed by atoms with van der Waals surface area (Å²) in [6, 6.07) is 9.67. The molecule has 0 aliphatic heterocycles. The summed E-state index contributed by atoms with van der Waals surface area (Å²) in [5.74, 6) is 1.62. The number of hydrogen-bond donors (Lipinski definition) is 1. The van der Waals surface area contributed by atoms with Crippen LogP contribution in [0.1, 0.15) is 5.82 Å². The molecule has 0 bridgehead atoms. The van der Waals surface area contributed by atoms with E-state index in [1.807, 2.05) is 37.4 Å². The summed E-state index contributed by atoms with van der Waals surface area (Å²) in [4.78, 5) is 4.23. The lowest BCUT2D eigenvalue weighted by Gasteiger charge is -1.86. The fourth-order valence-electron chi connectivity index (χ4n) is 1.67. The molecule has 0 saturated carbocycles. The number of benzene rings is 1. The van der Waals surface area contributed by atoms with E-state index in [2.05, 4.69) is 15.5 Å². The first-order valence-electron chi connectivity index (χ1n) is 5.33. The summed E-state index contributed by atoms with van der Waals surface area (Å²) in [6.45, 7) is 0.573. The molecule has 0 spiro atoms. The van der Waals surface area contributed by atoms with Crippen LogP contribution in [0.25, 0.3) is 22.6 Å². The van der Waals surface area contributed by atoms with E-state index in [0.717, 1.165) is 11.0 Å². The molecule has 1 N–H and O–H groups in total. The first kappa shape index (κ1) is 10.0. The number of hydrogen-bond acceptors (Lipinski definition) is 5. The zero-order valence-electron chi connectivity index (χ0n) is 9.30. The minimum Gasteiger partial charge on any atom is -0.451 e. The van der Waals surface area contributed by atoms with Gasteiger partial charge in [0.05, 0.1) is 6.54 Å². The first-order valence-corrected chi connectivity index (χ1v) is 5.33. The lowest BCUT2D eigenvalue weighted by Crippen LogP contribution is -2.06. The van der Waals surface area contributed by atoms with Crippen molar-refractivity contribution in [1.29, 1.82) is 0 Å². The Morgan fingerprint density at radius 1 is 1.29 bits per heavy atom. The minimum atomic E-state index is 0.409. The Hall–Kier alpha value is -2.14. The van der Waals surface area contributed by atoms with E-state index in [0.29, 0.717) is 24.0 Å². The number of aromatic nitrogens is 2. The smallest absolute Gasteiger partial charge is 0.293 e. The summed E-state index contributed by atoms with van der Waals surface area (Å²) in [5.41, 5.74) is 0.816. The molecule has 0 fully saturated rings. The highest BCUT2D eigenvalue weighted by molar-refractivity contribution is 5.81. The summed E-state index contributed by atoms with van der Waals surface area (Å²) >= 11 is 0. The van der Waals surface area contributed by atoms with Gasteiger partial charge >= 0.3 is 0 Å². The minimum absolute atomic E-state index is 0.409. The van der Waals surface area contributed by atoms with Crippen LogP contribution >= 0.6 is 0 Å². The maximum Gasteiger partial charge on any atom is 0.293 e.